The average Bonchev–Trinajstić information content (AvgIpc) is 2.19. The van der Waals surface area contributed by atoms with Crippen molar-refractivity contribution in [2.24, 2.45) is 21.7 Å². The van der Waals surface area contributed by atoms with E-state index in [9.17, 15) is 0 Å². The van der Waals surface area contributed by atoms with Crippen molar-refractivity contribution in [2.75, 3.05) is 6.54 Å². The molecule has 3 saturated carbocycles. The van der Waals surface area contributed by atoms with Crippen molar-refractivity contribution in [3.8, 4) is 0 Å². The summed E-state index contributed by atoms with van der Waals surface area (Å²) in [5.41, 5.74) is 2.84. The molecule has 1 aliphatic heterocycles. The van der Waals surface area contributed by atoms with E-state index in [-0.39, 0.29) is 0 Å². The van der Waals surface area contributed by atoms with Crippen LogP contribution in [0.15, 0.2) is 0 Å². The maximum atomic E-state index is 3.76. The normalized spacial score (nSPS) is 77.3. The van der Waals surface area contributed by atoms with Crippen molar-refractivity contribution in [3.05, 3.63) is 0 Å². The summed E-state index contributed by atoms with van der Waals surface area (Å²) in [6.07, 6.45) is 4.45. The second-order valence-corrected chi connectivity index (χ2v) is 6.98. The Balaban J connectivity index is 1.93. The van der Waals surface area contributed by atoms with Crippen LogP contribution in [0, 0.1) is 21.7 Å². The lowest BCUT2D eigenvalue weighted by Gasteiger charge is -2.89. The van der Waals surface area contributed by atoms with Crippen LogP contribution >= 0.6 is 0 Å². The molecule has 1 nitrogen and oxygen atoms in total. The van der Waals surface area contributed by atoms with Gasteiger partial charge in [0.25, 0.3) is 0 Å². The monoisotopic (exact) mass is 177 g/mol. The Kier molecular flexibility index (Phi) is 0.787. The smallest absolute Gasteiger partial charge is 0.0145 e. The molecule has 1 N–H and O–H groups in total. The minimum absolute atomic E-state index is 0.664. The molecular weight excluding hydrogens is 158 g/mol. The van der Waals surface area contributed by atoms with Gasteiger partial charge in [-0.15, -0.1) is 0 Å². The number of hydrogen-bond donors (Lipinski definition) is 1. The highest BCUT2D eigenvalue weighted by molar-refractivity contribution is 5.42. The Morgan fingerprint density at radius 3 is 2.15 bits per heavy atom. The first-order valence-electron chi connectivity index (χ1n) is 5.71. The van der Waals surface area contributed by atoms with Crippen LogP contribution in [0.4, 0.5) is 0 Å². The molecule has 4 aliphatic rings. The van der Waals surface area contributed by atoms with Gasteiger partial charge in [-0.25, -0.2) is 0 Å². The molecule has 0 aromatic heterocycles. The highest BCUT2D eigenvalue weighted by atomic mass is 15.1. The first-order valence-corrected chi connectivity index (χ1v) is 5.71. The lowest BCUT2D eigenvalue weighted by atomic mass is 9.14. The average molecular weight is 177 g/mol. The third kappa shape index (κ3) is 0.379. The summed E-state index contributed by atoms with van der Waals surface area (Å²) in [6, 6.07) is 0.884. The van der Waals surface area contributed by atoms with Gasteiger partial charge in [0.15, 0.2) is 0 Å². The van der Waals surface area contributed by atoms with Crippen LogP contribution in [0.25, 0.3) is 0 Å². The van der Waals surface area contributed by atoms with Crippen molar-refractivity contribution in [1.29, 1.82) is 0 Å². The molecule has 1 heterocycles. The fourth-order valence-electron chi connectivity index (χ4n) is 7.06. The summed E-state index contributed by atoms with van der Waals surface area (Å²) in [5, 5.41) is 3.76. The van der Waals surface area contributed by atoms with Gasteiger partial charge in [-0.1, -0.05) is 20.8 Å². The Morgan fingerprint density at radius 1 is 1.00 bits per heavy atom. The molecule has 0 radical (unpaired) electrons. The summed E-state index contributed by atoms with van der Waals surface area (Å²) < 4.78 is 0. The van der Waals surface area contributed by atoms with Gasteiger partial charge in [0.1, 0.15) is 0 Å². The van der Waals surface area contributed by atoms with Crippen LogP contribution in [0.3, 0.4) is 0 Å². The molecule has 4 fully saturated rings. The standard InChI is InChI=1S/C12H19N/c1-9-4-8-12(9)10(2,5-9)6-11(12,3)7-13-8/h8,13H,4-7H2,1-3H3. The van der Waals surface area contributed by atoms with Gasteiger partial charge in [-0.05, 0) is 35.5 Å². The fourth-order valence-corrected chi connectivity index (χ4v) is 7.06. The van der Waals surface area contributed by atoms with E-state index < -0.39 is 0 Å². The second kappa shape index (κ2) is 1.41. The first kappa shape index (κ1) is 7.28. The van der Waals surface area contributed by atoms with E-state index in [1.165, 1.54) is 25.8 Å². The van der Waals surface area contributed by atoms with Crippen LogP contribution in [-0.4, -0.2) is 12.6 Å². The van der Waals surface area contributed by atoms with Gasteiger partial charge in [-0.3, -0.25) is 0 Å². The van der Waals surface area contributed by atoms with Crippen molar-refractivity contribution >= 4 is 0 Å². The van der Waals surface area contributed by atoms with E-state index in [0.717, 1.165) is 22.3 Å². The molecule has 0 aromatic rings. The van der Waals surface area contributed by atoms with Gasteiger partial charge in [0.05, 0.1) is 0 Å². The Hall–Kier alpha value is -0.0400. The molecule has 1 heteroatoms. The third-order valence-corrected chi connectivity index (χ3v) is 6.33. The van der Waals surface area contributed by atoms with Crippen LogP contribution in [-0.2, 0) is 0 Å². The Bertz CT molecular complexity index is 315. The number of nitrogens with one attached hydrogen (secondary N) is 1. The summed E-state index contributed by atoms with van der Waals surface area (Å²) in [5.74, 6) is 0. The molecule has 72 valence electrons. The maximum absolute atomic E-state index is 3.76. The summed E-state index contributed by atoms with van der Waals surface area (Å²) in [6.45, 7) is 8.90. The summed E-state index contributed by atoms with van der Waals surface area (Å²) in [4.78, 5) is 0. The highest BCUT2D eigenvalue weighted by Crippen LogP contribution is 2.93. The molecule has 3 aliphatic carbocycles. The van der Waals surface area contributed by atoms with Gasteiger partial charge < -0.3 is 5.32 Å². The van der Waals surface area contributed by atoms with Gasteiger partial charge in [-0.2, -0.15) is 0 Å². The molecule has 0 bridgehead atoms. The molecule has 1 spiro atoms. The molecule has 5 unspecified atom stereocenters. The van der Waals surface area contributed by atoms with Crippen LogP contribution < -0.4 is 5.32 Å². The fraction of sp³-hybridized carbons (Fsp3) is 1.00. The van der Waals surface area contributed by atoms with Crippen molar-refractivity contribution in [2.45, 2.75) is 46.1 Å². The molecule has 1 saturated heterocycles. The molecular formula is C12H19N. The molecule has 5 atom stereocenters. The first-order chi connectivity index (χ1) is 5.98. The minimum Gasteiger partial charge on any atom is -0.313 e. The molecule has 13 heavy (non-hydrogen) atoms. The zero-order valence-corrected chi connectivity index (χ0v) is 8.91. The zero-order valence-electron chi connectivity index (χ0n) is 8.91. The van der Waals surface area contributed by atoms with E-state index in [1.54, 1.807) is 0 Å². The summed E-state index contributed by atoms with van der Waals surface area (Å²) >= 11 is 0. The van der Waals surface area contributed by atoms with Crippen molar-refractivity contribution in [3.63, 3.8) is 0 Å². The zero-order chi connectivity index (χ0) is 9.11. The quantitative estimate of drug-likeness (QED) is 0.598. The van der Waals surface area contributed by atoms with Crippen molar-refractivity contribution < 1.29 is 0 Å². The lowest BCUT2D eigenvalue weighted by Crippen LogP contribution is -2.86. The van der Waals surface area contributed by atoms with Gasteiger partial charge in [0, 0.05) is 18.0 Å². The molecule has 0 amide bonds. The lowest BCUT2D eigenvalue weighted by molar-refractivity contribution is -0.401. The predicted molar refractivity (Wildman–Crippen MR) is 52.4 cm³/mol. The maximum Gasteiger partial charge on any atom is 0.0145 e. The Morgan fingerprint density at radius 2 is 1.69 bits per heavy atom. The topological polar surface area (TPSA) is 12.0 Å². The van der Waals surface area contributed by atoms with E-state index in [0.29, 0.717) is 5.41 Å². The van der Waals surface area contributed by atoms with E-state index in [2.05, 4.69) is 26.1 Å². The number of rotatable bonds is 0. The third-order valence-electron chi connectivity index (χ3n) is 6.33. The van der Waals surface area contributed by atoms with E-state index >= 15 is 0 Å². The van der Waals surface area contributed by atoms with Gasteiger partial charge >= 0.3 is 0 Å². The SMILES string of the molecule is CC12CNC3CC4(C)CC(C)(C1)C324. The minimum atomic E-state index is 0.664. The van der Waals surface area contributed by atoms with Gasteiger partial charge in [0.2, 0.25) is 0 Å². The summed E-state index contributed by atoms with van der Waals surface area (Å²) in [7, 11) is 0. The number of hydrogen-bond acceptors (Lipinski definition) is 1. The largest absolute Gasteiger partial charge is 0.313 e. The predicted octanol–water partition coefficient (Wildman–Crippen LogP) is 2.17. The van der Waals surface area contributed by atoms with E-state index in [4.69, 9.17) is 0 Å². The second-order valence-electron chi connectivity index (χ2n) is 6.98. The van der Waals surface area contributed by atoms with Crippen LogP contribution in [0.5, 0.6) is 0 Å². The molecule has 0 aromatic carbocycles. The van der Waals surface area contributed by atoms with Crippen LogP contribution in [0.1, 0.15) is 40.0 Å². The highest BCUT2D eigenvalue weighted by Gasteiger charge is 2.91. The molecule has 4 rings (SSSR count). The van der Waals surface area contributed by atoms with Crippen molar-refractivity contribution in [1.82, 2.24) is 5.32 Å². The van der Waals surface area contributed by atoms with Crippen LogP contribution in [0.2, 0.25) is 0 Å². The Labute approximate surface area is 80.3 Å². The van der Waals surface area contributed by atoms with E-state index in [1.807, 2.05) is 0 Å².